The summed E-state index contributed by atoms with van der Waals surface area (Å²) in [5.41, 5.74) is 0.756. The molecule has 4 heteroatoms. The molecular formula is C13H11FO2S. The molecule has 0 heterocycles. The van der Waals surface area contributed by atoms with Gasteiger partial charge in [-0.2, -0.15) is 0 Å². The van der Waals surface area contributed by atoms with E-state index in [-0.39, 0.29) is 5.12 Å². The Kier molecular flexibility index (Phi) is 5.44. The van der Waals surface area contributed by atoms with Crippen molar-refractivity contribution in [1.29, 1.82) is 0 Å². The number of thioether (sulfide) groups is 1. The van der Waals surface area contributed by atoms with Crippen molar-refractivity contribution in [2.75, 3.05) is 5.75 Å². The first-order valence-electron chi connectivity index (χ1n) is 5.00. The Morgan fingerprint density at radius 1 is 1.53 bits per heavy atom. The number of hydrogen-bond acceptors (Lipinski definition) is 3. The molecule has 0 aliphatic rings. The normalized spacial score (nSPS) is 9.29. The maximum absolute atomic E-state index is 12.9. The average molecular weight is 250 g/mol. The molecule has 0 aromatic heterocycles. The van der Waals surface area contributed by atoms with E-state index in [1.165, 1.54) is 36.9 Å². The maximum atomic E-state index is 12.9. The molecule has 0 N–H and O–H groups in total. The zero-order valence-corrected chi connectivity index (χ0v) is 10.1. The number of carbonyl (C=O) groups is 2. The largest absolute Gasteiger partial charge is 0.298 e. The zero-order chi connectivity index (χ0) is 12.7. The fraction of sp³-hybridized carbons (Fsp3) is 0.231. The molecule has 0 saturated heterocycles. The Morgan fingerprint density at radius 2 is 2.29 bits per heavy atom. The molecule has 1 aromatic rings. The van der Waals surface area contributed by atoms with E-state index in [9.17, 15) is 14.0 Å². The molecule has 0 fully saturated rings. The number of carbonyl (C=O) groups excluding carboxylic acids is 2. The molecule has 0 amide bonds. The highest BCUT2D eigenvalue weighted by atomic mass is 32.2. The van der Waals surface area contributed by atoms with E-state index >= 15 is 0 Å². The monoisotopic (exact) mass is 250 g/mol. The van der Waals surface area contributed by atoms with Gasteiger partial charge in [0.1, 0.15) is 5.82 Å². The van der Waals surface area contributed by atoms with Gasteiger partial charge in [-0.1, -0.05) is 23.6 Å². The van der Waals surface area contributed by atoms with Crippen LogP contribution in [0.3, 0.4) is 0 Å². The molecule has 2 nitrogen and oxygen atoms in total. The van der Waals surface area contributed by atoms with Gasteiger partial charge >= 0.3 is 0 Å². The molecule has 0 saturated carbocycles. The molecular weight excluding hydrogens is 239 g/mol. The molecule has 0 spiro atoms. The van der Waals surface area contributed by atoms with Crippen LogP contribution in [0.15, 0.2) is 18.2 Å². The van der Waals surface area contributed by atoms with Crippen molar-refractivity contribution in [3.63, 3.8) is 0 Å². The van der Waals surface area contributed by atoms with Gasteiger partial charge in [-0.05, 0) is 18.2 Å². The van der Waals surface area contributed by atoms with Gasteiger partial charge in [0.05, 0.1) is 0 Å². The second-order valence-electron chi connectivity index (χ2n) is 3.24. The van der Waals surface area contributed by atoms with Gasteiger partial charge in [-0.15, -0.1) is 0 Å². The maximum Gasteiger partial charge on any atom is 0.185 e. The summed E-state index contributed by atoms with van der Waals surface area (Å²) in [6.07, 6.45) is 1.17. The lowest BCUT2D eigenvalue weighted by Gasteiger charge is -1.96. The van der Waals surface area contributed by atoms with Crippen LogP contribution < -0.4 is 0 Å². The van der Waals surface area contributed by atoms with Crippen LogP contribution in [0.25, 0.3) is 0 Å². The second-order valence-corrected chi connectivity index (χ2v) is 4.51. The first-order valence-corrected chi connectivity index (χ1v) is 5.99. The lowest BCUT2D eigenvalue weighted by atomic mass is 10.1. The third-order valence-corrected chi connectivity index (χ3v) is 2.71. The van der Waals surface area contributed by atoms with Gasteiger partial charge < -0.3 is 0 Å². The van der Waals surface area contributed by atoms with Gasteiger partial charge in [0.25, 0.3) is 0 Å². The number of benzene rings is 1. The smallest absolute Gasteiger partial charge is 0.185 e. The van der Waals surface area contributed by atoms with Crippen LogP contribution in [-0.4, -0.2) is 17.2 Å². The van der Waals surface area contributed by atoms with Crippen molar-refractivity contribution in [2.45, 2.75) is 13.3 Å². The minimum atomic E-state index is -0.419. The van der Waals surface area contributed by atoms with Crippen molar-refractivity contribution in [2.24, 2.45) is 0 Å². The molecule has 0 aliphatic carbocycles. The summed E-state index contributed by atoms with van der Waals surface area (Å²) in [6.45, 7) is 1.50. The summed E-state index contributed by atoms with van der Waals surface area (Å²) in [5.74, 6) is 5.73. The van der Waals surface area contributed by atoms with Gasteiger partial charge in [-0.3, -0.25) is 9.59 Å². The topological polar surface area (TPSA) is 34.1 Å². The SMILES string of the molecule is CC(=O)SCCC#Cc1cc(F)ccc1C=O. The molecule has 1 aromatic carbocycles. The summed E-state index contributed by atoms with van der Waals surface area (Å²) in [5, 5.41) is 0.0473. The van der Waals surface area contributed by atoms with Crippen molar-refractivity contribution in [3.05, 3.63) is 35.1 Å². The molecule has 88 valence electrons. The number of aldehydes is 1. The van der Waals surface area contributed by atoms with Crippen molar-refractivity contribution in [1.82, 2.24) is 0 Å². The Morgan fingerprint density at radius 3 is 2.94 bits per heavy atom. The minimum Gasteiger partial charge on any atom is -0.298 e. The van der Waals surface area contributed by atoms with Crippen LogP contribution in [0.2, 0.25) is 0 Å². The zero-order valence-electron chi connectivity index (χ0n) is 9.33. The fourth-order valence-electron chi connectivity index (χ4n) is 1.14. The summed E-state index contributed by atoms with van der Waals surface area (Å²) < 4.78 is 12.9. The highest BCUT2D eigenvalue weighted by Crippen LogP contribution is 2.08. The summed E-state index contributed by atoms with van der Waals surface area (Å²) in [4.78, 5) is 21.3. The van der Waals surface area contributed by atoms with Crippen LogP contribution in [-0.2, 0) is 4.79 Å². The van der Waals surface area contributed by atoms with Crippen LogP contribution in [0.1, 0.15) is 29.3 Å². The van der Waals surface area contributed by atoms with Gasteiger partial charge in [0.15, 0.2) is 11.4 Å². The van der Waals surface area contributed by atoms with E-state index in [0.717, 1.165) is 0 Å². The molecule has 0 radical (unpaired) electrons. The number of hydrogen-bond donors (Lipinski definition) is 0. The lowest BCUT2D eigenvalue weighted by Crippen LogP contribution is -1.89. The Balaban J connectivity index is 2.67. The molecule has 17 heavy (non-hydrogen) atoms. The molecule has 0 bridgehead atoms. The van der Waals surface area contributed by atoms with Gasteiger partial charge in [0, 0.05) is 30.2 Å². The van der Waals surface area contributed by atoms with E-state index in [0.29, 0.717) is 29.6 Å². The average Bonchev–Trinajstić information content (AvgIpc) is 2.28. The van der Waals surface area contributed by atoms with E-state index in [2.05, 4.69) is 11.8 Å². The number of halogens is 1. The highest BCUT2D eigenvalue weighted by molar-refractivity contribution is 8.13. The standard InChI is InChI=1S/C13H11FO2S/c1-10(16)17-7-3-2-4-11-8-13(14)6-5-12(11)9-15/h5-6,8-9H,3,7H2,1H3. The van der Waals surface area contributed by atoms with E-state index < -0.39 is 5.82 Å². The second kappa shape index (κ2) is 6.87. The fourth-order valence-corrected chi connectivity index (χ4v) is 1.63. The van der Waals surface area contributed by atoms with Crippen molar-refractivity contribution in [3.8, 4) is 11.8 Å². The highest BCUT2D eigenvalue weighted by Gasteiger charge is 2.00. The van der Waals surface area contributed by atoms with E-state index in [1.807, 2.05) is 0 Å². The van der Waals surface area contributed by atoms with Crippen LogP contribution in [0, 0.1) is 17.7 Å². The van der Waals surface area contributed by atoms with Crippen LogP contribution >= 0.6 is 11.8 Å². The number of rotatable bonds is 3. The molecule has 1 rings (SSSR count). The van der Waals surface area contributed by atoms with Gasteiger partial charge in [-0.25, -0.2) is 4.39 Å². The Labute approximate surface area is 104 Å². The van der Waals surface area contributed by atoms with Gasteiger partial charge in [0.2, 0.25) is 0 Å². The first-order chi connectivity index (χ1) is 8.13. The predicted octanol–water partition coefficient (Wildman–Crippen LogP) is 2.66. The molecule has 0 atom stereocenters. The summed E-state index contributed by atoms with van der Waals surface area (Å²) in [7, 11) is 0. The van der Waals surface area contributed by atoms with Crippen molar-refractivity contribution >= 4 is 23.2 Å². The minimum absolute atomic E-state index is 0.0473. The predicted molar refractivity (Wildman–Crippen MR) is 66.4 cm³/mol. The Hall–Kier alpha value is -1.60. The molecule has 0 aliphatic heterocycles. The van der Waals surface area contributed by atoms with Crippen LogP contribution in [0.4, 0.5) is 4.39 Å². The summed E-state index contributed by atoms with van der Waals surface area (Å²) in [6, 6.07) is 3.85. The van der Waals surface area contributed by atoms with Crippen LogP contribution in [0.5, 0.6) is 0 Å². The third-order valence-electron chi connectivity index (χ3n) is 1.90. The summed E-state index contributed by atoms with van der Waals surface area (Å²) >= 11 is 1.19. The third kappa shape index (κ3) is 4.83. The van der Waals surface area contributed by atoms with E-state index in [1.54, 1.807) is 0 Å². The van der Waals surface area contributed by atoms with E-state index in [4.69, 9.17) is 0 Å². The molecule has 0 unspecified atom stereocenters. The quantitative estimate of drug-likeness (QED) is 0.470. The first kappa shape index (κ1) is 13.5. The Bertz CT molecular complexity index is 486. The lowest BCUT2D eigenvalue weighted by molar-refractivity contribution is -0.109. The van der Waals surface area contributed by atoms with Crippen molar-refractivity contribution < 1.29 is 14.0 Å².